The molecule has 1 N–H and O–H groups in total. The maximum Gasteiger partial charge on any atom is 0.327 e. The number of hydrogen-bond donors (Lipinski definition) is 1. The summed E-state index contributed by atoms with van der Waals surface area (Å²) in [5.41, 5.74) is 0. The van der Waals surface area contributed by atoms with Crippen LogP contribution in [0.1, 0.15) is 6.92 Å². The van der Waals surface area contributed by atoms with Crippen molar-refractivity contribution in [2.45, 2.75) is 6.92 Å². The second-order valence-corrected chi connectivity index (χ2v) is 1.30. The van der Waals surface area contributed by atoms with Crippen LogP contribution in [0.2, 0.25) is 0 Å². The predicted octanol–water partition coefficient (Wildman–Crippen LogP) is 2.01. The number of aliphatic carboxylic acids is 1. The Labute approximate surface area is 61.2 Å². The van der Waals surface area contributed by atoms with Crippen molar-refractivity contribution < 1.29 is 9.90 Å². The van der Waals surface area contributed by atoms with Crippen LogP contribution in [0.15, 0.2) is 37.5 Å². The third kappa shape index (κ3) is 29.9. The van der Waals surface area contributed by atoms with Gasteiger partial charge in [0.2, 0.25) is 0 Å². The summed E-state index contributed by atoms with van der Waals surface area (Å²) in [5.74, 6) is -0.981. The first kappa shape index (κ1) is 11.5. The van der Waals surface area contributed by atoms with Gasteiger partial charge < -0.3 is 5.11 Å². The third-order valence-corrected chi connectivity index (χ3v) is 0.503. The van der Waals surface area contributed by atoms with Gasteiger partial charge in [0, 0.05) is 6.08 Å². The molecule has 10 heavy (non-hydrogen) atoms. The lowest BCUT2D eigenvalue weighted by Crippen LogP contribution is -1.82. The third-order valence-electron chi connectivity index (χ3n) is 0.503. The lowest BCUT2D eigenvalue weighted by molar-refractivity contribution is -0.131. The number of allylic oxidation sites excluding steroid dienone is 3. The van der Waals surface area contributed by atoms with Crippen LogP contribution in [-0.4, -0.2) is 11.1 Å². The molecule has 0 aliphatic carbocycles. The van der Waals surface area contributed by atoms with Gasteiger partial charge in [0.25, 0.3) is 0 Å². The summed E-state index contributed by atoms with van der Waals surface area (Å²) in [5, 5.41) is 7.60. The van der Waals surface area contributed by atoms with E-state index in [-0.39, 0.29) is 0 Å². The quantitative estimate of drug-likeness (QED) is 0.470. The van der Waals surface area contributed by atoms with E-state index in [0.717, 1.165) is 6.08 Å². The molecule has 0 saturated heterocycles. The first-order chi connectivity index (χ1) is 4.68. The van der Waals surface area contributed by atoms with E-state index in [0.29, 0.717) is 0 Å². The highest BCUT2D eigenvalue weighted by atomic mass is 16.4. The maximum atomic E-state index is 9.25. The normalized spacial score (nSPS) is 7.70. The first-order valence-corrected chi connectivity index (χ1v) is 2.78. The molecule has 0 saturated carbocycles. The molecule has 0 fully saturated rings. The first-order valence-electron chi connectivity index (χ1n) is 2.78. The van der Waals surface area contributed by atoms with Gasteiger partial charge >= 0.3 is 5.97 Å². The molecule has 0 unspecified atom stereocenters. The smallest absolute Gasteiger partial charge is 0.327 e. The fourth-order valence-electron chi connectivity index (χ4n) is 0.136. The largest absolute Gasteiger partial charge is 0.478 e. The molecule has 0 aliphatic rings. The van der Waals surface area contributed by atoms with Gasteiger partial charge in [-0.3, -0.25) is 0 Å². The van der Waals surface area contributed by atoms with E-state index in [1.165, 1.54) is 0 Å². The summed E-state index contributed by atoms with van der Waals surface area (Å²) in [6.45, 7) is 8.38. The van der Waals surface area contributed by atoms with Crippen molar-refractivity contribution in [2.75, 3.05) is 0 Å². The molecular formula is C8H12O2. The zero-order valence-corrected chi connectivity index (χ0v) is 6.08. The van der Waals surface area contributed by atoms with Gasteiger partial charge in [0.05, 0.1) is 0 Å². The van der Waals surface area contributed by atoms with Crippen molar-refractivity contribution in [3.63, 3.8) is 0 Å². The number of carboxylic acid groups (broad SMARTS) is 1. The number of hydrogen-bond acceptors (Lipinski definition) is 1. The summed E-state index contributed by atoms with van der Waals surface area (Å²) < 4.78 is 0. The molecule has 2 nitrogen and oxygen atoms in total. The van der Waals surface area contributed by atoms with Crippen LogP contribution in [-0.2, 0) is 4.79 Å². The average Bonchev–Trinajstić information content (AvgIpc) is 1.91. The highest BCUT2D eigenvalue weighted by Gasteiger charge is 1.73. The second-order valence-electron chi connectivity index (χ2n) is 1.30. The summed E-state index contributed by atoms with van der Waals surface area (Å²) in [6.07, 6.45) is 6.41. The van der Waals surface area contributed by atoms with Crippen LogP contribution >= 0.6 is 0 Å². The van der Waals surface area contributed by atoms with E-state index in [1.54, 1.807) is 6.08 Å². The molecule has 0 aromatic rings. The Balaban J connectivity index is 0. The lowest BCUT2D eigenvalue weighted by Gasteiger charge is -1.64. The number of rotatable bonds is 2. The van der Waals surface area contributed by atoms with Gasteiger partial charge in [0.15, 0.2) is 0 Å². The van der Waals surface area contributed by atoms with Crippen molar-refractivity contribution in [3.05, 3.63) is 37.5 Å². The van der Waals surface area contributed by atoms with Crippen LogP contribution in [0.3, 0.4) is 0 Å². The minimum atomic E-state index is -0.981. The topological polar surface area (TPSA) is 37.3 Å². The number of carbonyl (C=O) groups is 1. The fourth-order valence-corrected chi connectivity index (χ4v) is 0.136. The molecule has 56 valence electrons. The molecule has 0 radical (unpaired) electrons. The molecule has 0 spiro atoms. The molecule has 0 atom stereocenters. The van der Waals surface area contributed by atoms with Crippen LogP contribution in [0.25, 0.3) is 0 Å². The Kier molecular flexibility index (Phi) is 12.2. The summed E-state index contributed by atoms with van der Waals surface area (Å²) in [7, 11) is 0. The molecule has 0 amide bonds. The Morgan fingerprint density at radius 3 is 1.90 bits per heavy atom. The highest BCUT2D eigenvalue weighted by Crippen LogP contribution is 1.64. The minimum Gasteiger partial charge on any atom is -0.478 e. The van der Waals surface area contributed by atoms with Gasteiger partial charge in [-0.15, -0.1) is 0 Å². The highest BCUT2D eigenvalue weighted by molar-refractivity contribution is 5.78. The van der Waals surface area contributed by atoms with Crippen molar-refractivity contribution in [1.29, 1.82) is 0 Å². The SMILES string of the molecule is C=CC(=O)O.C=CC=CC. The van der Waals surface area contributed by atoms with Crippen LogP contribution in [0, 0.1) is 0 Å². The Bertz CT molecular complexity index is 134. The fraction of sp³-hybridized carbons (Fsp3) is 0.125. The van der Waals surface area contributed by atoms with Crippen molar-refractivity contribution in [1.82, 2.24) is 0 Å². The van der Waals surface area contributed by atoms with Gasteiger partial charge in [-0.1, -0.05) is 31.4 Å². The van der Waals surface area contributed by atoms with Gasteiger partial charge in [-0.25, -0.2) is 4.79 Å². The predicted molar refractivity (Wildman–Crippen MR) is 42.8 cm³/mol. The molecule has 0 aromatic heterocycles. The van der Waals surface area contributed by atoms with E-state index in [2.05, 4.69) is 13.2 Å². The molecule has 0 aliphatic heterocycles. The Morgan fingerprint density at radius 1 is 1.50 bits per heavy atom. The van der Waals surface area contributed by atoms with Gasteiger partial charge in [-0.05, 0) is 6.92 Å². The summed E-state index contributed by atoms with van der Waals surface area (Å²) >= 11 is 0. The molecular weight excluding hydrogens is 128 g/mol. The second kappa shape index (κ2) is 10.6. The molecule has 2 heteroatoms. The summed E-state index contributed by atoms with van der Waals surface area (Å²) in [6, 6.07) is 0. The van der Waals surface area contributed by atoms with Gasteiger partial charge in [-0.2, -0.15) is 0 Å². The minimum absolute atomic E-state index is 0.833. The van der Waals surface area contributed by atoms with E-state index >= 15 is 0 Å². The zero-order chi connectivity index (χ0) is 8.41. The standard InChI is InChI=1S/C5H8.C3H4O2/c1-3-5-4-2;1-2-3(4)5/h3-5H,1H2,2H3;2H,1H2,(H,4,5). The molecule has 0 aromatic carbocycles. The van der Waals surface area contributed by atoms with Crippen LogP contribution in [0.4, 0.5) is 0 Å². The van der Waals surface area contributed by atoms with Crippen LogP contribution < -0.4 is 0 Å². The monoisotopic (exact) mass is 140 g/mol. The van der Waals surface area contributed by atoms with Crippen LogP contribution in [0.5, 0.6) is 0 Å². The zero-order valence-electron chi connectivity index (χ0n) is 6.08. The molecule has 0 rings (SSSR count). The Morgan fingerprint density at radius 2 is 1.90 bits per heavy atom. The maximum absolute atomic E-state index is 9.25. The Hall–Kier alpha value is -1.31. The molecule has 0 bridgehead atoms. The van der Waals surface area contributed by atoms with E-state index in [4.69, 9.17) is 5.11 Å². The average molecular weight is 140 g/mol. The van der Waals surface area contributed by atoms with Crippen molar-refractivity contribution in [2.24, 2.45) is 0 Å². The summed E-state index contributed by atoms with van der Waals surface area (Å²) in [4.78, 5) is 9.25. The molecule has 0 heterocycles. The number of carboxylic acids is 1. The van der Waals surface area contributed by atoms with E-state index in [9.17, 15) is 4.79 Å². The van der Waals surface area contributed by atoms with Crippen molar-refractivity contribution >= 4 is 5.97 Å². The van der Waals surface area contributed by atoms with E-state index < -0.39 is 5.97 Å². The van der Waals surface area contributed by atoms with E-state index in [1.807, 2.05) is 19.1 Å². The van der Waals surface area contributed by atoms with Gasteiger partial charge in [0.1, 0.15) is 0 Å². The lowest BCUT2D eigenvalue weighted by atomic mass is 10.5. The van der Waals surface area contributed by atoms with Crippen molar-refractivity contribution in [3.8, 4) is 0 Å².